The van der Waals surface area contributed by atoms with E-state index in [0.29, 0.717) is 0 Å². The van der Waals surface area contributed by atoms with Gasteiger partial charge in [0.05, 0.1) is 0 Å². The van der Waals surface area contributed by atoms with Gasteiger partial charge in [-0.1, -0.05) is 0 Å². The molecule has 0 aromatic heterocycles. The fourth-order valence-corrected chi connectivity index (χ4v) is 0.425. The Labute approximate surface area is 94.1 Å². The van der Waals surface area contributed by atoms with Crippen LogP contribution in [0.15, 0.2) is 39.5 Å². The van der Waals surface area contributed by atoms with E-state index >= 15 is 0 Å². The molecule has 1 amide bonds. The Kier molecular flexibility index (Phi) is 29.7. The summed E-state index contributed by atoms with van der Waals surface area (Å²) in [5, 5.41) is 0. The van der Waals surface area contributed by atoms with Gasteiger partial charge in [0.25, 0.3) is 5.91 Å². The zero-order valence-corrected chi connectivity index (χ0v) is 9.85. The number of carbonyl (C=O) groups is 1. The van der Waals surface area contributed by atoms with Gasteiger partial charge in [-0.15, -0.1) is 39.5 Å². The molecule has 0 rings (SSSR count). The van der Waals surface area contributed by atoms with Crippen LogP contribution in [0.3, 0.4) is 0 Å². The lowest BCUT2D eigenvalue weighted by atomic mass is 10.4. The van der Waals surface area contributed by atoms with Gasteiger partial charge in [0.1, 0.15) is 0 Å². The molecule has 0 aliphatic heterocycles. The number of nitrogens with one attached hydrogen (secondary N) is 1. The van der Waals surface area contributed by atoms with Crippen LogP contribution in [0.4, 0.5) is 0 Å². The molecule has 0 bridgehead atoms. The van der Waals surface area contributed by atoms with Gasteiger partial charge in [-0.05, 0) is 0 Å². The van der Waals surface area contributed by atoms with E-state index in [1.165, 1.54) is 0 Å². The van der Waals surface area contributed by atoms with Crippen LogP contribution in [0, 0.1) is 0 Å². The smallest absolute Gasteiger partial charge is 0.279 e. The van der Waals surface area contributed by atoms with E-state index in [4.69, 9.17) is 17.2 Å². The average Bonchev–Trinajstić information content (AvgIpc) is 2.24. The molecule has 14 heavy (non-hydrogen) atoms. The Morgan fingerprint density at radius 3 is 1.21 bits per heavy atom. The van der Waals surface area contributed by atoms with E-state index in [1.54, 1.807) is 0 Å². The first-order valence-electron chi connectivity index (χ1n) is 3.26. The molecule has 6 heteroatoms. The zero-order chi connectivity index (χ0) is 12.8. The molecule has 0 aromatic rings. The summed E-state index contributed by atoms with van der Waals surface area (Å²) in [6.45, 7) is 18.0. The monoisotopic (exact) mass is 266 g/mol. The lowest BCUT2D eigenvalue weighted by Gasteiger charge is -2.13. The highest BCUT2D eigenvalue weighted by atomic mass is 79.9. The SMILES string of the molecule is C=C.C=C.C=C.NC(N)(N)C(=O)NBr. The Morgan fingerprint density at radius 2 is 1.21 bits per heavy atom. The van der Waals surface area contributed by atoms with Gasteiger partial charge in [0.15, 0.2) is 5.79 Å². The number of halogens is 1. The molecule has 0 aromatic carbocycles. The van der Waals surface area contributed by atoms with E-state index in [0.717, 1.165) is 0 Å². The molecule has 0 unspecified atom stereocenters. The van der Waals surface area contributed by atoms with E-state index < -0.39 is 11.7 Å². The molecule has 0 atom stereocenters. The second-order valence-corrected chi connectivity index (χ2v) is 1.75. The first-order valence-corrected chi connectivity index (χ1v) is 4.05. The minimum atomic E-state index is -1.79. The zero-order valence-electron chi connectivity index (χ0n) is 8.26. The highest BCUT2D eigenvalue weighted by molar-refractivity contribution is 9.08. The molecule has 0 aliphatic rings. The highest BCUT2D eigenvalue weighted by Gasteiger charge is 2.21. The maximum atomic E-state index is 10.3. The Bertz CT molecular complexity index is 131. The van der Waals surface area contributed by atoms with Crippen molar-refractivity contribution in [2.75, 3.05) is 0 Å². The third kappa shape index (κ3) is 22.5. The van der Waals surface area contributed by atoms with Gasteiger partial charge in [-0.25, -0.2) is 0 Å². The maximum Gasteiger partial charge on any atom is 0.279 e. The number of carbonyl (C=O) groups excluding carboxylic acids is 1. The van der Waals surface area contributed by atoms with Crippen molar-refractivity contribution in [2.45, 2.75) is 5.79 Å². The summed E-state index contributed by atoms with van der Waals surface area (Å²) in [5.41, 5.74) is 14.7. The molecule has 0 heterocycles. The fraction of sp³-hybridized carbons (Fsp3) is 0.125. The van der Waals surface area contributed by atoms with E-state index in [1.807, 2.05) is 4.34 Å². The van der Waals surface area contributed by atoms with Crippen LogP contribution in [0.2, 0.25) is 0 Å². The second kappa shape index (κ2) is 18.0. The molecule has 0 saturated carbocycles. The van der Waals surface area contributed by atoms with Gasteiger partial charge in [0, 0.05) is 16.1 Å². The Morgan fingerprint density at radius 1 is 1.00 bits per heavy atom. The van der Waals surface area contributed by atoms with Crippen LogP contribution in [0.1, 0.15) is 0 Å². The standard InChI is InChI=1S/C2H7BrN4O.3C2H4/c3-7-1(8)2(4,5)6;3*1-2/h4-6H2,(H,7,8);3*1-2H2. The van der Waals surface area contributed by atoms with Crippen LogP contribution < -0.4 is 21.5 Å². The van der Waals surface area contributed by atoms with Crippen LogP contribution in [-0.4, -0.2) is 11.7 Å². The number of hydrogen-bond acceptors (Lipinski definition) is 4. The van der Waals surface area contributed by atoms with Crippen LogP contribution in [0.25, 0.3) is 0 Å². The van der Waals surface area contributed by atoms with Crippen LogP contribution in [-0.2, 0) is 4.79 Å². The van der Waals surface area contributed by atoms with Crippen molar-refractivity contribution >= 4 is 22.1 Å². The van der Waals surface area contributed by atoms with Crippen LogP contribution >= 0.6 is 16.1 Å². The quantitative estimate of drug-likeness (QED) is 0.312. The fourth-order valence-electron chi connectivity index (χ4n) is 0.0818. The highest BCUT2D eigenvalue weighted by Crippen LogP contribution is 1.78. The van der Waals surface area contributed by atoms with Crippen molar-refractivity contribution in [1.29, 1.82) is 0 Å². The predicted octanol–water partition coefficient (Wildman–Crippen LogP) is 0.349. The Hall–Kier alpha value is -0.950. The number of amides is 1. The summed E-state index contributed by atoms with van der Waals surface area (Å²) in [6, 6.07) is 0. The third-order valence-corrected chi connectivity index (χ3v) is 0.839. The van der Waals surface area contributed by atoms with Gasteiger partial charge >= 0.3 is 0 Å². The number of hydrogen-bond donors (Lipinski definition) is 4. The summed E-state index contributed by atoms with van der Waals surface area (Å²) in [6.07, 6.45) is 0. The van der Waals surface area contributed by atoms with E-state index in [9.17, 15) is 4.79 Å². The van der Waals surface area contributed by atoms with Gasteiger partial charge in [-0.3, -0.25) is 26.3 Å². The molecule has 0 saturated heterocycles. The van der Waals surface area contributed by atoms with E-state index in [-0.39, 0.29) is 0 Å². The van der Waals surface area contributed by atoms with Gasteiger partial charge in [-0.2, -0.15) is 0 Å². The molecular formula is C8H19BrN4O. The topological polar surface area (TPSA) is 107 Å². The van der Waals surface area contributed by atoms with Gasteiger partial charge in [0.2, 0.25) is 0 Å². The summed E-state index contributed by atoms with van der Waals surface area (Å²) in [7, 11) is 0. The van der Waals surface area contributed by atoms with Crippen LogP contribution in [0.5, 0.6) is 0 Å². The van der Waals surface area contributed by atoms with Crippen molar-refractivity contribution in [3.63, 3.8) is 0 Å². The van der Waals surface area contributed by atoms with Crippen molar-refractivity contribution < 1.29 is 4.79 Å². The lowest BCUT2D eigenvalue weighted by molar-refractivity contribution is -0.123. The minimum absolute atomic E-state index is 0.669. The third-order valence-electron chi connectivity index (χ3n) is 0.479. The van der Waals surface area contributed by atoms with Crippen molar-refractivity contribution in [2.24, 2.45) is 17.2 Å². The van der Waals surface area contributed by atoms with Gasteiger partial charge < -0.3 is 0 Å². The summed E-state index contributed by atoms with van der Waals surface area (Å²) in [5.74, 6) is -2.46. The molecule has 7 N–H and O–H groups in total. The predicted molar refractivity (Wildman–Crippen MR) is 66.1 cm³/mol. The summed E-state index contributed by atoms with van der Waals surface area (Å²) in [4.78, 5) is 10.3. The van der Waals surface area contributed by atoms with Crippen molar-refractivity contribution in [1.82, 2.24) is 4.34 Å². The molecule has 5 nitrogen and oxygen atoms in total. The Balaban J connectivity index is -0.0000000708. The largest absolute Gasteiger partial charge is 0.293 e. The maximum absolute atomic E-state index is 10.3. The first kappa shape index (κ1) is 23.1. The second-order valence-electron chi connectivity index (χ2n) is 1.36. The number of rotatable bonds is 1. The summed E-state index contributed by atoms with van der Waals surface area (Å²) < 4.78 is 2.00. The molecule has 84 valence electrons. The molecule has 0 spiro atoms. The molecular weight excluding hydrogens is 248 g/mol. The molecule has 0 aliphatic carbocycles. The van der Waals surface area contributed by atoms with Crippen molar-refractivity contribution in [3.8, 4) is 0 Å². The lowest BCUT2D eigenvalue weighted by Crippen LogP contribution is -2.66. The summed E-state index contributed by atoms with van der Waals surface area (Å²) >= 11 is 2.61. The first-order chi connectivity index (χ1) is 6.48. The normalized spacial score (nSPS) is 7.14. The number of nitrogens with two attached hydrogens (primary N) is 3. The van der Waals surface area contributed by atoms with Crippen molar-refractivity contribution in [3.05, 3.63) is 39.5 Å². The van der Waals surface area contributed by atoms with E-state index in [2.05, 4.69) is 55.6 Å². The molecule has 0 radical (unpaired) electrons. The average molecular weight is 267 g/mol. The molecule has 0 fully saturated rings. The minimum Gasteiger partial charge on any atom is -0.293 e.